The number of rotatable bonds is 2. The summed E-state index contributed by atoms with van der Waals surface area (Å²) in [5, 5.41) is 18.2. The van der Waals surface area contributed by atoms with Crippen molar-refractivity contribution >= 4 is 18.2 Å². The molecular weight excluding hydrogens is 181 g/mol. The molecule has 5 heteroatoms. The SMILES string of the molecule is Cn1ccc2cc(OB(O)O)ccc21. The largest absolute Gasteiger partial charge is 0.707 e. The van der Waals surface area contributed by atoms with E-state index in [1.54, 1.807) is 12.1 Å². The van der Waals surface area contributed by atoms with Crippen molar-refractivity contribution in [1.29, 1.82) is 0 Å². The molecule has 0 bridgehead atoms. The Morgan fingerprint density at radius 2 is 2.07 bits per heavy atom. The highest BCUT2D eigenvalue weighted by Gasteiger charge is 2.11. The van der Waals surface area contributed by atoms with Gasteiger partial charge >= 0.3 is 7.32 Å². The predicted octanol–water partition coefficient (Wildman–Crippen LogP) is 0.527. The molecular formula is C9H10BNO3. The molecule has 2 aromatic rings. The number of nitrogens with zero attached hydrogens (tertiary/aromatic N) is 1. The minimum atomic E-state index is -1.77. The number of hydrogen-bond acceptors (Lipinski definition) is 3. The van der Waals surface area contributed by atoms with Gasteiger partial charge in [-0.15, -0.1) is 0 Å². The summed E-state index contributed by atoms with van der Waals surface area (Å²) < 4.78 is 6.71. The first-order valence-corrected chi connectivity index (χ1v) is 4.25. The van der Waals surface area contributed by atoms with Gasteiger partial charge in [-0.1, -0.05) is 0 Å². The molecule has 1 heterocycles. The average molecular weight is 191 g/mol. The number of aryl methyl sites for hydroxylation is 1. The van der Waals surface area contributed by atoms with Crippen LogP contribution in [0.1, 0.15) is 0 Å². The first kappa shape index (κ1) is 9.11. The van der Waals surface area contributed by atoms with E-state index in [9.17, 15) is 0 Å². The summed E-state index contributed by atoms with van der Waals surface area (Å²) in [7, 11) is 0.181. The summed E-state index contributed by atoms with van der Waals surface area (Å²) in [6.45, 7) is 0. The molecule has 0 amide bonds. The molecule has 0 fully saturated rings. The van der Waals surface area contributed by atoms with Gasteiger partial charge in [0.1, 0.15) is 5.75 Å². The van der Waals surface area contributed by atoms with Crippen LogP contribution in [0, 0.1) is 0 Å². The van der Waals surface area contributed by atoms with E-state index in [2.05, 4.69) is 0 Å². The smallest absolute Gasteiger partial charge is 0.512 e. The lowest BCUT2D eigenvalue weighted by Gasteiger charge is -2.04. The molecule has 2 rings (SSSR count). The Hall–Kier alpha value is -1.46. The molecule has 4 nitrogen and oxygen atoms in total. The Labute approximate surface area is 81.5 Å². The molecule has 1 aromatic heterocycles. The molecule has 2 N–H and O–H groups in total. The first-order chi connectivity index (χ1) is 6.66. The molecule has 72 valence electrons. The van der Waals surface area contributed by atoms with E-state index in [4.69, 9.17) is 14.7 Å². The van der Waals surface area contributed by atoms with Crippen LogP contribution in [0.15, 0.2) is 30.5 Å². The monoisotopic (exact) mass is 191 g/mol. The van der Waals surface area contributed by atoms with Crippen molar-refractivity contribution in [2.75, 3.05) is 0 Å². The maximum Gasteiger partial charge on any atom is 0.707 e. The minimum absolute atomic E-state index is 0.443. The minimum Gasteiger partial charge on any atom is -0.512 e. The van der Waals surface area contributed by atoms with E-state index < -0.39 is 7.32 Å². The molecule has 0 atom stereocenters. The molecule has 0 radical (unpaired) electrons. The molecule has 0 aliphatic rings. The summed E-state index contributed by atoms with van der Waals surface area (Å²) in [5.41, 5.74) is 1.07. The number of hydrogen-bond donors (Lipinski definition) is 2. The summed E-state index contributed by atoms with van der Waals surface area (Å²) in [6, 6.07) is 7.26. The van der Waals surface area contributed by atoms with E-state index >= 15 is 0 Å². The maximum absolute atomic E-state index is 8.61. The topological polar surface area (TPSA) is 54.6 Å². The van der Waals surface area contributed by atoms with Crippen LogP contribution in [0.25, 0.3) is 10.9 Å². The van der Waals surface area contributed by atoms with Gasteiger partial charge in [0.2, 0.25) is 0 Å². The lowest BCUT2D eigenvalue weighted by molar-refractivity contribution is 0.288. The van der Waals surface area contributed by atoms with Crippen molar-refractivity contribution in [1.82, 2.24) is 4.57 Å². The van der Waals surface area contributed by atoms with E-state index in [0.717, 1.165) is 10.9 Å². The third kappa shape index (κ3) is 1.59. The highest BCUT2D eigenvalue weighted by Crippen LogP contribution is 2.21. The fourth-order valence-corrected chi connectivity index (χ4v) is 1.45. The standard InChI is InChI=1S/C9H10BNO3/c1-11-5-4-7-6-8(14-10(12)13)2-3-9(7)11/h2-6,12-13H,1H3. The van der Waals surface area contributed by atoms with Crippen LogP contribution in [0.3, 0.4) is 0 Å². The van der Waals surface area contributed by atoms with Crippen molar-refractivity contribution in [3.63, 3.8) is 0 Å². The quantitative estimate of drug-likeness (QED) is 0.680. The van der Waals surface area contributed by atoms with Gasteiger partial charge in [0, 0.05) is 24.1 Å². The Bertz CT molecular complexity index is 452. The van der Waals surface area contributed by atoms with E-state index in [1.165, 1.54) is 0 Å². The summed E-state index contributed by atoms with van der Waals surface area (Å²) in [4.78, 5) is 0. The van der Waals surface area contributed by atoms with Gasteiger partial charge < -0.3 is 19.3 Å². The third-order valence-electron chi connectivity index (χ3n) is 2.10. The van der Waals surface area contributed by atoms with Gasteiger partial charge in [-0.3, -0.25) is 0 Å². The fraction of sp³-hybridized carbons (Fsp3) is 0.111. The molecule has 14 heavy (non-hydrogen) atoms. The van der Waals surface area contributed by atoms with Gasteiger partial charge in [0.15, 0.2) is 0 Å². The van der Waals surface area contributed by atoms with Crippen molar-refractivity contribution in [3.8, 4) is 5.75 Å². The lowest BCUT2D eigenvalue weighted by atomic mass is 10.2. The highest BCUT2D eigenvalue weighted by molar-refractivity contribution is 6.33. The second-order valence-electron chi connectivity index (χ2n) is 3.09. The Morgan fingerprint density at radius 3 is 2.79 bits per heavy atom. The molecule has 1 aromatic carbocycles. The molecule has 0 spiro atoms. The van der Waals surface area contributed by atoms with Crippen LogP contribution >= 0.6 is 0 Å². The first-order valence-electron chi connectivity index (χ1n) is 4.25. The second kappa shape index (κ2) is 3.36. The van der Waals surface area contributed by atoms with Crippen LogP contribution in [0.4, 0.5) is 0 Å². The Balaban J connectivity index is 2.42. The Kier molecular flexibility index (Phi) is 2.19. The molecule has 0 unspecified atom stereocenters. The van der Waals surface area contributed by atoms with Gasteiger partial charge in [-0.05, 0) is 24.3 Å². The third-order valence-corrected chi connectivity index (χ3v) is 2.10. The van der Waals surface area contributed by atoms with Crippen LogP contribution < -0.4 is 4.65 Å². The van der Waals surface area contributed by atoms with Gasteiger partial charge in [-0.2, -0.15) is 0 Å². The summed E-state index contributed by atoms with van der Waals surface area (Å²) in [6.07, 6.45) is 1.93. The lowest BCUT2D eigenvalue weighted by Crippen LogP contribution is -2.20. The van der Waals surface area contributed by atoms with Crippen molar-refractivity contribution in [3.05, 3.63) is 30.5 Å². The molecule has 0 aliphatic heterocycles. The molecule has 0 saturated heterocycles. The van der Waals surface area contributed by atoms with Crippen molar-refractivity contribution < 1.29 is 14.7 Å². The van der Waals surface area contributed by atoms with Crippen LogP contribution in [-0.4, -0.2) is 21.9 Å². The molecule has 0 aliphatic carbocycles. The van der Waals surface area contributed by atoms with E-state index in [0.29, 0.717) is 5.75 Å². The van der Waals surface area contributed by atoms with E-state index in [1.807, 2.05) is 29.9 Å². The maximum atomic E-state index is 8.61. The zero-order valence-electron chi connectivity index (χ0n) is 7.71. The van der Waals surface area contributed by atoms with Crippen molar-refractivity contribution in [2.24, 2.45) is 7.05 Å². The predicted molar refractivity (Wildman–Crippen MR) is 53.7 cm³/mol. The van der Waals surface area contributed by atoms with Crippen LogP contribution in [-0.2, 0) is 7.05 Å². The fourth-order valence-electron chi connectivity index (χ4n) is 1.45. The summed E-state index contributed by atoms with van der Waals surface area (Å²) in [5.74, 6) is 0.443. The van der Waals surface area contributed by atoms with E-state index in [-0.39, 0.29) is 0 Å². The van der Waals surface area contributed by atoms with Crippen LogP contribution in [0.5, 0.6) is 5.75 Å². The summed E-state index contributed by atoms with van der Waals surface area (Å²) >= 11 is 0. The number of benzene rings is 1. The highest BCUT2D eigenvalue weighted by atomic mass is 16.6. The van der Waals surface area contributed by atoms with Crippen LogP contribution in [0.2, 0.25) is 0 Å². The van der Waals surface area contributed by atoms with Crippen molar-refractivity contribution in [2.45, 2.75) is 0 Å². The van der Waals surface area contributed by atoms with Gasteiger partial charge in [0.05, 0.1) is 0 Å². The zero-order valence-corrected chi connectivity index (χ0v) is 7.71. The second-order valence-corrected chi connectivity index (χ2v) is 3.09. The number of fused-ring (bicyclic) bond motifs is 1. The van der Waals surface area contributed by atoms with Gasteiger partial charge in [0.25, 0.3) is 0 Å². The Morgan fingerprint density at radius 1 is 1.29 bits per heavy atom. The van der Waals surface area contributed by atoms with Gasteiger partial charge in [-0.25, -0.2) is 0 Å². The number of aromatic nitrogens is 1. The zero-order chi connectivity index (χ0) is 10.1. The average Bonchev–Trinajstić information content (AvgIpc) is 2.46. The normalized spacial score (nSPS) is 10.5. The molecule has 0 saturated carbocycles.